The molecule has 0 fully saturated rings. The van der Waals surface area contributed by atoms with E-state index in [0.717, 1.165) is 16.9 Å². The van der Waals surface area contributed by atoms with E-state index in [4.69, 9.17) is 19.9 Å². The highest BCUT2D eigenvalue weighted by Crippen LogP contribution is 2.17. The Morgan fingerprint density at radius 3 is 2.30 bits per heavy atom. The molecule has 2 N–H and O–H groups in total. The number of carboxylic acids is 1. The van der Waals surface area contributed by atoms with Gasteiger partial charge in [0.2, 0.25) is 11.7 Å². The summed E-state index contributed by atoms with van der Waals surface area (Å²) in [6.45, 7) is 6.51. The molecule has 1 amide bonds. The molecule has 12 heteroatoms. The molecule has 1 aromatic heterocycles. The molecule has 0 aliphatic rings. The number of alkyl halides is 3. The Labute approximate surface area is 188 Å². The molecule has 1 aromatic carbocycles. The number of hydrogen-bond acceptors (Lipinski definition) is 7. The van der Waals surface area contributed by atoms with Crippen LogP contribution in [-0.2, 0) is 16.0 Å². The molecule has 2 aromatic rings. The highest BCUT2D eigenvalue weighted by Gasteiger charge is 2.38. The number of carboxylic acid groups (broad SMARTS) is 1. The van der Waals surface area contributed by atoms with Crippen molar-refractivity contribution in [2.45, 2.75) is 33.4 Å². The highest BCUT2D eigenvalue weighted by molar-refractivity contribution is 5.80. The SMILES string of the molecule is COc1ccc(CC(=O)NN(CC(C)C)c2nc(C#N)ncc2C)cc1.O=C(O)C(F)(F)F. The molecule has 33 heavy (non-hydrogen) atoms. The van der Waals surface area contributed by atoms with E-state index in [1.807, 2.05) is 51.1 Å². The zero-order valence-electron chi connectivity index (χ0n) is 18.5. The fourth-order valence-corrected chi connectivity index (χ4v) is 2.43. The van der Waals surface area contributed by atoms with Gasteiger partial charge in [-0.2, -0.15) is 23.4 Å². The summed E-state index contributed by atoms with van der Waals surface area (Å²) in [7, 11) is 1.60. The molecule has 0 atom stereocenters. The first-order valence-electron chi connectivity index (χ1n) is 9.61. The van der Waals surface area contributed by atoms with Gasteiger partial charge in [-0.05, 0) is 30.5 Å². The smallest absolute Gasteiger partial charge is 0.490 e. The van der Waals surface area contributed by atoms with E-state index in [0.29, 0.717) is 12.4 Å². The molecular weight excluding hydrogens is 443 g/mol. The van der Waals surface area contributed by atoms with Crippen LogP contribution < -0.4 is 15.2 Å². The monoisotopic (exact) mass is 467 g/mol. The summed E-state index contributed by atoms with van der Waals surface area (Å²) in [4.78, 5) is 29.6. The van der Waals surface area contributed by atoms with Crippen molar-refractivity contribution < 1.29 is 32.6 Å². The molecule has 178 valence electrons. The van der Waals surface area contributed by atoms with Gasteiger partial charge in [-0.25, -0.2) is 9.78 Å². The number of halogens is 3. The lowest BCUT2D eigenvalue weighted by Crippen LogP contribution is -2.46. The van der Waals surface area contributed by atoms with Gasteiger partial charge in [-0.15, -0.1) is 0 Å². The third-order valence-electron chi connectivity index (χ3n) is 3.87. The van der Waals surface area contributed by atoms with Crippen LogP contribution in [0.3, 0.4) is 0 Å². The number of rotatable bonds is 7. The Kier molecular flexibility index (Phi) is 10.1. The molecule has 0 saturated heterocycles. The van der Waals surface area contributed by atoms with Crippen molar-refractivity contribution >= 4 is 17.7 Å². The van der Waals surface area contributed by atoms with Crippen LogP contribution in [0.5, 0.6) is 5.75 Å². The van der Waals surface area contributed by atoms with Crippen molar-refractivity contribution in [3.8, 4) is 11.8 Å². The Bertz CT molecular complexity index is 989. The van der Waals surface area contributed by atoms with Crippen molar-refractivity contribution in [1.29, 1.82) is 5.26 Å². The Morgan fingerprint density at radius 1 is 1.27 bits per heavy atom. The minimum Gasteiger partial charge on any atom is -0.497 e. The summed E-state index contributed by atoms with van der Waals surface area (Å²) < 4.78 is 36.9. The first kappa shape index (κ1) is 27.2. The molecule has 0 saturated carbocycles. The van der Waals surface area contributed by atoms with Gasteiger partial charge in [0.25, 0.3) is 0 Å². The topological polar surface area (TPSA) is 128 Å². The van der Waals surface area contributed by atoms with E-state index in [1.54, 1.807) is 18.3 Å². The van der Waals surface area contributed by atoms with Gasteiger partial charge in [0.1, 0.15) is 11.8 Å². The van der Waals surface area contributed by atoms with Crippen molar-refractivity contribution in [2.24, 2.45) is 5.92 Å². The number of carbonyl (C=O) groups excluding carboxylic acids is 1. The molecule has 0 unspecified atom stereocenters. The third-order valence-corrected chi connectivity index (χ3v) is 3.87. The maximum absolute atomic E-state index is 12.5. The number of nitrogens with one attached hydrogen (secondary N) is 1. The largest absolute Gasteiger partial charge is 0.497 e. The second-order valence-corrected chi connectivity index (χ2v) is 7.18. The third kappa shape index (κ3) is 9.42. The van der Waals surface area contributed by atoms with Crippen LogP contribution in [0.2, 0.25) is 0 Å². The summed E-state index contributed by atoms with van der Waals surface area (Å²) in [5.41, 5.74) is 4.56. The Morgan fingerprint density at radius 2 is 1.85 bits per heavy atom. The fraction of sp³-hybridized carbons (Fsp3) is 0.381. The van der Waals surface area contributed by atoms with E-state index in [1.165, 1.54) is 0 Å². The van der Waals surface area contributed by atoms with Gasteiger partial charge in [-0.1, -0.05) is 26.0 Å². The van der Waals surface area contributed by atoms with Crippen LogP contribution in [0.4, 0.5) is 19.0 Å². The predicted molar refractivity (Wildman–Crippen MR) is 112 cm³/mol. The average molecular weight is 467 g/mol. The number of carbonyl (C=O) groups is 2. The van der Waals surface area contributed by atoms with E-state index in [9.17, 15) is 18.0 Å². The number of anilines is 1. The van der Waals surface area contributed by atoms with Crippen molar-refractivity contribution in [3.05, 3.63) is 47.4 Å². The summed E-state index contributed by atoms with van der Waals surface area (Å²) >= 11 is 0. The molecule has 0 aliphatic carbocycles. The lowest BCUT2D eigenvalue weighted by Gasteiger charge is -2.27. The maximum atomic E-state index is 12.5. The fourth-order valence-electron chi connectivity index (χ4n) is 2.43. The lowest BCUT2D eigenvalue weighted by molar-refractivity contribution is -0.192. The van der Waals surface area contributed by atoms with Crippen LogP contribution in [0, 0.1) is 24.2 Å². The highest BCUT2D eigenvalue weighted by atomic mass is 19.4. The van der Waals surface area contributed by atoms with E-state index < -0.39 is 12.1 Å². The Balaban J connectivity index is 0.000000675. The first-order chi connectivity index (χ1) is 15.4. The predicted octanol–water partition coefficient (Wildman–Crippen LogP) is 3.03. The molecule has 0 aliphatic heterocycles. The summed E-state index contributed by atoms with van der Waals surface area (Å²) in [6.07, 6.45) is -3.27. The summed E-state index contributed by atoms with van der Waals surface area (Å²) in [5, 5.41) is 17.9. The number of hydrazine groups is 1. The van der Waals surface area contributed by atoms with E-state index in [-0.39, 0.29) is 24.1 Å². The minimum absolute atomic E-state index is 0.0729. The zero-order chi connectivity index (χ0) is 25.2. The van der Waals surface area contributed by atoms with Crippen LogP contribution in [0.25, 0.3) is 0 Å². The molecule has 0 spiro atoms. The number of nitriles is 1. The van der Waals surface area contributed by atoms with Gasteiger partial charge >= 0.3 is 12.1 Å². The van der Waals surface area contributed by atoms with Crippen LogP contribution >= 0.6 is 0 Å². The van der Waals surface area contributed by atoms with E-state index >= 15 is 0 Å². The molecule has 9 nitrogen and oxygen atoms in total. The molecule has 1 heterocycles. The van der Waals surface area contributed by atoms with Crippen molar-refractivity contribution in [1.82, 2.24) is 15.4 Å². The number of ether oxygens (including phenoxy) is 1. The van der Waals surface area contributed by atoms with Gasteiger partial charge in [0, 0.05) is 18.3 Å². The maximum Gasteiger partial charge on any atom is 0.490 e. The number of aromatic nitrogens is 2. The number of amides is 1. The quantitative estimate of drug-likeness (QED) is 0.595. The minimum atomic E-state index is -5.08. The van der Waals surface area contributed by atoms with Crippen LogP contribution in [0.15, 0.2) is 30.5 Å². The average Bonchev–Trinajstić information content (AvgIpc) is 2.73. The van der Waals surface area contributed by atoms with Crippen molar-refractivity contribution in [3.63, 3.8) is 0 Å². The van der Waals surface area contributed by atoms with Crippen molar-refractivity contribution in [2.75, 3.05) is 18.7 Å². The summed E-state index contributed by atoms with van der Waals surface area (Å²) in [6, 6.07) is 9.29. The number of methoxy groups -OCH3 is 1. The van der Waals surface area contributed by atoms with Gasteiger partial charge in [0.15, 0.2) is 5.82 Å². The normalized spacial score (nSPS) is 10.5. The number of nitrogens with zero attached hydrogens (tertiary/aromatic N) is 4. The lowest BCUT2D eigenvalue weighted by atomic mass is 10.1. The number of aryl methyl sites for hydroxylation is 1. The molecule has 0 bridgehead atoms. The second kappa shape index (κ2) is 12.2. The standard InChI is InChI=1S/C19H23N5O2.C2HF3O2/c1-13(2)12-24(19-14(3)11-21-17(10-20)22-19)23-18(25)9-15-5-7-16(26-4)8-6-15;3-2(4,5)1(6)7/h5-8,11,13H,9,12H2,1-4H3,(H,23,25);(H,6,7). The summed E-state index contributed by atoms with van der Waals surface area (Å²) in [5.74, 6) is -1.27. The van der Waals surface area contributed by atoms with Gasteiger partial charge in [0.05, 0.1) is 13.5 Å². The van der Waals surface area contributed by atoms with Gasteiger partial charge in [-0.3, -0.25) is 15.2 Å². The van der Waals surface area contributed by atoms with Crippen LogP contribution in [0.1, 0.15) is 30.8 Å². The zero-order valence-corrected chi connectivity index (χ0v) is 18.5. The number of aliphatic carboxylic acids is 1. The molecule has 0 radical (unpaired) electrons. The molecular formula is C21H24F3N5O4. The number of benzene rings is 1. The number of hydrogen-bond donors (Lipinski definition) is 2. The molecule has 2 rings (SSSR count). The first-order valence-corrected chi connectivity index (χ1v) is 9.61. The van der Waals surface area contributed by atoms with Gasteiger partial charge < -0.3 is 9.84 Å². The second-order valence-electron chi connectivity index (χ2n) is 7.18. The Hall–Kier alpha value is -3.88. The van der Waals surface area contributed by atoms with E-state index in [2.05, 4.69) is 15.4 Å². The van der Waals surface area contributed by atoms with Crippen LogP contribution in [-0.4, -0.2) is 46.8 Å².